The van der Waals surface area contributed by atoms with E-state index in [-0.39, 0.29) is 22.1 Å². The molecule has 0 aliphatic heterocycles. The van der Waals surface area contributed by atoms with E-state index in [0.717, 1.165) is 19.9 Å². The average molecular weight is 261 g/mol. The molecule has 0 amide bonds. The average Bonchev–Trinajstić information content (AvgIpc) is 2.64. The van der Waals surface area contributed by atoms with Gasteiger partial charge in [0.2, 0.25) is 0 Å². The minimum atomic E-state index is -0.350. The SMILES string of the molecule is Cc1cc2ccc(F)cc2[s+]1-c1cccc(F)c1. The van der Waals surface area contributed by atoms with Crippen LogP contribution in [0.25, 0.3) is 15.0 Å². The molecule has 0 nitrogen and oxygen atoms in total. The fraction of sp³-hybridized carbons (Fsp3) is 0.0667. The van der Waals surface area contributed by atoms with E-state index in [1.807, 2.05) is 19.1 Å². The highest BCUT2D eigenvalue weighted by Gasteiger charge is 2.21. The number of hydrogen-bond acceptors (Lipinski definition) is 0. The maximum absolute atomic E-state index is 13.4. The molecular formula is C15H11F2S+. The van der Waals surface area contributed by atoms with Crippen LogP contribution >= 0.6 is 10.5 Å². The van der Waals surface area contributed by atoms with Gasteiger partial charge in [0.15, 0.2) is 14.5 Å². The van der Waals surface area contributed by atoms with Crippen molar-refractivity contribution in [3.63, 3.8) is 0 Å². The zero-order valence-corrected chi connectivity index (χ0v) is 10.6. The normalized spacial score (nSPS) is 12.1. The van der Waals surface area contributed by atoms with Gasteiger partial charge in [-0.3, -0.25) is 0 Å². The second-order valence-electron chi connectivity index (χ2n) is 4.20. The molecule has 0 aliphatic carbocycles. The quantitative estimate of drug-likeness (QED) is 0.530. The Balaban J connectivity index is 2.34. The van der Waals surface area contributed by atoms with Crippen LogP contribution in [0.15, 0.2) is 48.5 Å². The predicted molar refractivity (Wildman–Crippen MR) is 72.4 cm³/mol. The number of halogens is 2. The monoisotopic (exact) mass is 261 g/mol. The smallest absolute Gasteiger partial charge is 0.189 e. The Hall–Kier alpha value is -1.74. The second-order valence-corrected chi connectivity index (χ2v) is 6.37. The molecule has 0 saturated carbocycles. The van der Waals surface area contributed by atoms with E-state index in [0.29, 0.717) is 0 Å². The topological polar surface area (TPSA) is 0 Å². The number of fused-ring (bicyclic) bond motifs is 1. The van der Waals surface area contributed by atoms with E-state index in [4.69, 9.17) is 0 Å². The van der Waals surface area contributed by atoms with Gasteiger partial charge in [-0.25, -0.2) is 8.78 Å². The lowest BCUT2D eigenvalue weighted by molar-refractivity contribution is 0.628. The third-order valence-corrected chi connectivity index (χ3v) is 5.19. The van der Waals surface area contributed by atoms with E-state index < -0.39 is 0 Å². The summed E-state index contributed by atoms with van der Waals surface area (Å²) >= 11 is 0. The molecule has 0 N–H and O–H groups in total. The lowest BCUT2D eigenvalue weighted by atomic mass is 10.2. The molecule has 2 aromatic carbocycles. The van der Waals surface area contributed by atoms with Gasteiger partial charge in [-0.05, 0) is 24.3 Å². The van der Waals surface area contributed by atoms with Crippen LogP contribution in [0, 0.1) is 18.6 Å². The largest absolute Gasteiger partial charge is 0.207 e. The van der Waals surface area contributed by atoms with E-state index in [1.165, 1.54) is 18.2 Å². The van der Waals surface area contributed by atoms with Gasteiger partial charge in [0.05, 0.1) is 0 Å². The number of thiophene rings is 1. The lowest BCUT2D eigenvalue weighted by Gasteiger charge is -1.94. The molecular weight excluding hydrogens is 250 g/mol. The van der Waals surface area contributed by atoms with Crippen molar-refractivity contribution in [2.24, 2.45) is 0 Å². The summed E-state index contributed by atoms with van der Waals surface area (Å²) in [7, 11) is -0.350. The summed E-state index contributed by atoms with van der Waals surface area (Å²) in [5.74, 6) is -0.497. The zero-order valence-electron chi connectivity index (χ0n) is 9.78. The number of hydrogen-bond donors (Lipinski definition) is 0. The van der Waals surface area contributed by atoms with Gasteiger partial charge < -0.3 is 0 Å². The number of benzene rings is 2. The van der Waals surface area contributed by atoms with E-state index in [1.54, 1.807) is 18.2 Å². The van der Waals surface area contributed by atoms with E-state index >= 15 is 0 Å². The summed E-state index contributed by atoms with van der Waals surface area (Å²) in [5.41, 5.74) is 0. The van der Waals surface area contributed by atoms with Gasteiger partial charge in [-0.15, -0.1) is 0 Å². The molecule has 1 unspecified atom stereocenters. The molecule has 1 aromatic heterocycles. The van der Waals surface area contributed by atoms with E-state index in [2.05, 4.69) is 0 Å². The summed E-state index contributed by atoms with van der Waals surface area (Å²) in [6.07, 6.45) is 0. The van der Waals surface area contributed by atoms with Crippen LogP contribution in [0.2, 0.25) is 0 Å². The molecule has 90 valence electrons. The minimum Gasteiger partial charge on any atom is -0.207 e. The third kappa shape index (κ3) is 1.81. The highest BCUT2D eigenvalue weighted by Crippen LogP contribution is 2.43. The maximum atomic E-state index is 13.4. The first kappa shape index (κ1) is 11.4. The molecule has 1 atom stereocenters. The lowest BCUT2D eigenvalue weighted by Crippen LogP contribution is -1.76. The Bertz CT molecular complexity index is 728. The van der Waals surface area contributed by atoms with Gasteiger partial charge in [0.1, 0.15) is 11.6 Å². The molecule has 0 fully saturated rings. The number of rotatable bonds is 1. The molecule has 0 bridgehead atoms. The highest BCUT2D eigenvalue weighted by molar-refractivity contribution is 7.45. The summed E-state index contributed by atoms with van der Waals surface area (Å²) < 4.78 is 27.6. The van der Waals surface area contributed by atoms with Crippen LogP contribution in [0.4, 0.5) is 8.78 Å². The van der Waals surface area contributed by atoms with Gasteiger partial charge in [-0.2, -0.15) is 0 Å². The van der Waals surface area contributed by atoms with Crippen LogP contribution in [-0.4, -0.2) is 0 Å². The standard InChI is InChI=1S/C15H11F2S/c1-10-7-11-5-6-13(17)9-15(11)18(10)14-4-2-3-12(16)8-14/h2-9H,1H3/q+1. The minimum absolute atomic E-state index is 0.245. The molecule has 0 radical (unpaired) electrons. The van der Waals surface area contributed by atoms with E-state index in [9.17, 15) is 8.78 Å². The summed E-state index contributed by atoms with van der Waals surface area (Å²) in [6, 6.07) is 13.4. The molecule has 3 rings (SSSR count). The van der Waals surface area contributed by atoms with Crippen LogP contribution in [0.1, 0.15) is 4.88 Å². The van der Waals surface area contributed by atoms with Crippen molar-refractivity contribution in [2.45, 2.75) is 6.92 Å². The maximum Gasteiger partial charge on any atom is 0.189 e. The Kier molecular flexibility index (Phi) is 2.63. The Morgan fingerprint density at radius 3 is 2.44 bits per heavy atom. The fourth-order valence-electron chi connectivity index (χ4n) is 2.16. The third-order valence-electron chi connectivity index (χ3n) is 2.91. The summed E-state index contributed by atoms with van der Waals surface area (Å²) in [4.78, 5) is 2.04. The van der Waals surface area contributed by atoms with Gasteiger partial charge >= 0.3 is 0 Å². The van der Waals surface area contributed by atoms with Gasteiger partial charge in [0.25, 0.3) is 0 Å². The van der Waals surface area contributed by atoms with Gasteiger partial charge in [0, 0.05) is 41.0 Å². The second kappa shape index (κ2) is 4.18. The first-order valence-corrected chi connectivity index (χ1v) is 6.85. The van der Waals surface area contributed by atoms with Crippen molar-refractivity contribution in [3.8, 4) is 4.90 Å². The summed E-state index contributed by atoms with van der Waals surface area (Å²) in [6.45, 7) is 2.01. The number of aryl methyl sites for hydroxylation is 1. The van der Waals surface area contributed by atoms with Crippen molar-refractivity contribution in [1.82, 2.24) is 0 Å². The van der Waals surface area contributed by atoms with Crippen LogP contribution < -0.4 is 0 Å². The molecule has 3 heteroatoms. The van der Waals surface area contributed by atoms with Crippen molar-refractivity contribution < 1.29 is 8.78 Å². The zero-order chi connectivity index (χ0) is 12.7. The predicted octanol–water partition coefficient (Wildman–Crippen LogP) is 5.16. The Morgan fingerprint density at radius 2 is 1.67 bits per heavy atom. The van der Waals surface area contributed by atoms with Crippen LogP contribution in [0.3, 0.4) is 0 Å². The van der Waals surface area contributed by atoms with Crippen LogP contribution in [-0.2, 0) is 0 Å². The Morgan fingerprint density at radius 1 is 0.889 bits per heavy atom. The molecule has 0 saturated heterocycles. The molecule has 18 heavy (non-hydrogen) atoms. The first-order chi connectivity index (χ1) is 8.65. The van der Waals surface area contributed by atoms with Crippen molar-refractivity contribution in [1.29, 1.82) is 0 Å². The Labute approximate surface area is 106 Å². The van der Waals surface area contributed by atoms with Crippen molar-refractivity contribution in [2.75, 3.05) is 0 Å². The van der Waals surface area contributed by atoms with Crippen molar-refractivity contribution >= 4 is 20.6 Å². The fourth-order valence-corrected chi connectivity index (χ4v) is 4.42. The van der Waals surface area contributed by atoms with Crippen LogP contribution in [0.5, 0.6) is 0 Å². The molecule has 0 spiro atoms. The van der Waals surface area contributed by atoms with Gasteiger partial charge in [-0.1, -0.05) is 6.07 Å². The summed E-state index contributed by atoms with van der Waals surface area (Å²) in [5, 5.41) is 1.03. The molecule has 3 aromatic rings. The highest BCUT2D eigenvalue weighted by atomic mass is 32.2. The molecule has 0 aliphatic rings. The first-order valence-electron chi connectivity index (χ1n) is 5.63. The molecule has 1 heterocycles. The van der Waals surface area contributed by atoms with Crippen molar-refractivity contribution in [3.05, 3.63) is 65.0 Å².